The number of nitrogens with one attached hydrogen (secondary N) is 1. The molecule has 1 saturated heterocycles. The van der Waals surface area contributed by atoms with Gasteiger partial charge in [-0.05, 0) is 38.8 Å². The van der Waals surface area contributed by atoms with Crippen molar-refractivity contribution in [2.75, 3.05) is 5.32 Å². The summed E-state index contributed by atoms with van der Waals surface area (Å²) in [6.07, 6.45) is 2.16. The molecule has 2 heterocycles. The zero-order chi connectivity index (χ0) is 13.6. The van der Waals surface area contributed by atoms with Crippen molar-refractivity contribution in [3.05, 3.63) is 23.5 Å². The Balaban J connectivity index is 1.76. The average molecular weight is 259 g/mol. The van der Waals surface area contributed by atoms with E-state index < -0.39 is 6.04 Å². The van der Waals surface area contributed by atoms with Crippen LogP contribution in [0.4, 0.5) is 5.69 Å². The van der Waals surface area contributed by atoms with E-state index in [1.165, 1.54) is 4.90 Å². The third-order valence-corrected chi connectivity index (χ3v) is 3.65. The van der Waals surface area contributed by atoms with Gasteiger partial charge in [0.2, 0.25) is 5.91 Å². The molecule has 2 fully saturated rings. The van der Waals surface area contributed by atoms with E-state index in [1.54, 1.807) is 0 Å². The highest BCUT2D eigenvalue weighted by atomic mass is 16.2. The number of carbonyl (C=O) groups is 2. The summed E-state index contributed by atoms with van der Waals surface area (Å²) < 4.78 is 0. The zero-order valence-corrected chi connectivity index (χ0v) is 11.1. The van der Waals surface area contributed by atoms with E-state index in [9.17, 15) is 9.59 Å². The molecular weight excluding hydrogens is 242 g/mol. The van der Waals surface area contributed by atoms with Crippen LogP contribution in [0.5, 0.6) is 0 Å². The lowest BCUT2D eigenvalue weighted by Gasteiger charge is -2.16. The number of aryl methyl sites for hydroxylation is 2. The second-order valence-electron chi connectivity index (χ2n) is 5.32. The van der Waals surface area contributed by atoms with E-state index in [4.69, 9.17) is 0 Å². The van der Waals surface area contributed by atoms with Crippen LogP contribution in [0.3, 0.4) is 0 Å². The molecule has 1 aromatic heterocycles. The molecule has 100 valence electrons. The van der Waals surface area contributed by atoms with E-state index >= 15 is 0 Å². The van der Waals surface area contributed by atoms with Crippen LogP contribution in [0.15, 0.2) is 12.1 Å². The Morgan fingerprint density at radius 2 is 2.00 bits per heavy atom. The van der Waals surface area contributed by atoms with E-state index in [2.05, 4.69) is 10.3 Å². The fraction of sp³-hybridized carbons (Fsp3) is 0.500. The van der Waals surface area contributed by atoms with Crippen LogP contribution in [0.2, 0.25) is 0 Å². The number of aromatic nitrogens is 1. The Morgan fingerprint density at radius 1 is 1.26 bits per heavy atom. The minimum absolute atomic E-state index is 0.0530. The fourth-order valence-corrected chi connectivity index (χ4v) is 2.51. The first-order chi connectivity index (χ1) is 9.06. The second kappa shape index (κ2) is 4.33. The lowest BCUT2D eigenvalue weighted by Crippen LogP contribution is -2.36. The molecule has 0 spiro atoms. The summed E-state index contributed by atoms with van der Waals surface area (Å²) in [5.41, 5.74) is 2.62. The Morgan fingerprint density at radius 3 is 2.63 bits per heavy atom. The van der Waals surface area contributed by atoms with Crippen LogP contribution < -0.4 is 5.32 Å². The SMILES string of the molecule is Cc1ccc(NC2CC(=O)N(C3CC3)C2=O)c(C)n1. The Bertz CT molecular complexity index is 552. The summed E-state index contributed by atoms with van der Waals surface area (Å²) in [7, 11) is 0. The molecule has 1 saturated carbocycles. The van der Waals surface area contributed by atoms with Crippen LogP contribution in [-0.4, -0.2) is 33.8 Å². The molecule has 1 unspecified atom stereocenters. The minimum atomic E-state index is -0.434. The number of carbonyl (C=O) groups excluding carboxylic acids is 2. The van der Waals surface area contributed by atoms with Crippen molar-refractivity contribution in [3.8, 4) is 0 Å². The van der Waals surface area contributed by atoms with Gasteiger partial charge < -0.3 is 5.32 Å². The quantitative estimate of drug-likeness (QED) is 0.833. The van der Waals surface area contributed by atoms with Gasteiger partial charge in [-0.3, -0.25) is 19.5 Å². The van der Waals surface area contributed by atoms with Crippen molar-refractivity contribution in [2.24, 2.45) is 0 Å². The molecule has 2 amide bonds. The molecule has 19 heavy (non-hydrogen) atoms. The molecule has 2 aliphatic rings. The zero-order valence-electron chi connectivity index (χ0n) is 11.1. The van der Waals surface area contributed by atoms with Crippen molar-refractivity contribution in [3.63, 3.8) is 0 Å². The number of likely N-dealkylation sites (tertiary alicyclic amines) is 1. The highest BCUT2D eigenvalue weighted by molar-refractivity contribution is 6.07. The van der Waals surface area contributed by atoms with Gasteiger partial charge in [0.25, 0.3) is 5.91 Å². The van der Waals surface area contributed by atoms with Gasteiger partial charge in [0, 0.05) is 11.7 Å². The average Bonchev–Trinajstić information content (AvgIpc) is 3.12. The molecule has 1 aliphatic heterocycles. The highest BCUT2D eigenvalue weighted by Crippen LogP contribution is 2.32. The van der Waals surface area contributed by atoms with Crippen LogP contribution in [-0.2, 0) is 9.59 Å². The first kappa shape index (κ1) is 12.1. The summed E-state index contributed by atoms with van der Waals surface area (Å²) in [5.74, 6) is -0.143. The summed E-state index contributed by atoms with van der Waals surface area (Å²) in [6.45, 7) is 3.82. The first-order valence-corrected chi connectivity index (χ1v) is 6.63. The predicted octanol–water partition coefficient (Wildman–Crippen LogP) is 1.40. The third-order valence-electron chi connectivity index (χ3n) is 3.65. The first-order valence-electron chi connectivity index (χ1n) is 6.63. The molecule has 1 aromatic rings. The number of anilines is 1. The van der Waals surface area contributed by atoms with E-state index in [0.29, 0.717) is 0 Å². The van der Waals surface area contributed by atoms with Crippen molar-refractivity contribution in [1.29, 1.82) is 0 Å². The van der Waals surface area contributed by atoms with Crippen molar-refractivity contribution >= 4 is 17.5 Å². The number of rotatable bonds is 3. The summed E-state index contributed by atoms with van der Waals surface area (Å²) in [6, 6.07) is 3.53. The molecule has 0 radical (unpaired) electrons. The number of imide groups is 1. The molecule has 1 aliphatic carbocycles. The largest absolute Gasteiger partial charge is 0.372 e. The smallest absolute Gasteiger partial charge is 0.252 e. The van der Waals surface area contributed by atoms with Crippen molar-refractivity contribution in [1.82, 2.24) is 9.88 Å². The summed E-state index contributed by atoms with van der Waals surface area (Å²) >= 11 is 0. The van der Waals surface area contributed by atoms with Crippen LogP contribution in [0.25, 0.3) is 0 Å². The standard InChI is InChI=1S/C14H17N3O2/c1-8-3-6-11(9(2)15-8)16-12-7-13(18)17(14(12)19)10-4-5-10/h3,6,10,12,16H,4-5,7H2,1-2H3. The van der Waals surface area contributed by atoms with E-state index in [-0.39, 0.29) is 24.3 Å². The van der Waals surface area contributed by atoms with E-state index in [0.717, 1.165) is 29.9 Å². The van der Waals surface area contributed by atoms with Gasteiger partial charge >= 0.3 is 0 Å². The number of hydrogen-bond acceptors (Lipinski definition) is 4. The van der Waals surface area contributed by atoms with Crippen LogP contribution in [0, 0.1) is 13.8 Å². The molecule has 0 aromatic carbocycles. The maximum atomic E-state index is 12.2. The van der Waals surface area contributed by atoms with Gasteiger partial charge in [-0.15, -0.1) is 0 Å². The number of nitrogens with zero attached hydrogens (tertiary/aromatic N) is 2. The van der Waals surface area contributed by atoms with Gasteiger partial charge in [-0.2, -0.15) is 0 Å². The molecule has 3 rings (SSSR count). The van der Waals surface area contributed by atoms with Crippen molar-refractivity contribution < 1.29 is 9.59 Å². The topological polar surface area (TPSA) is 62.3 Å². The van der Waals surface area contributed by atoms with Crippen LogP contribution >= 0.6 is 0 Å². The fourth-order valence-electron chi connectivity index (χ4n) is 2.51. The molecule has 5 nitrogen and oxygen atoms in total. The Labute approximate surface area is 112 Å². The van der Waals surface area contributed by atoms with Crippen LogP contribution in [0.1, 0.15) is 30.7 Å². The van der Waals surface area contributed by atoms with Gasteiger partial charge in [-0.1, -0.05) is 0 Å². The molecule has 1 N–H and O–H groups in total. The molecule has 1 atom stereocenters. The minimum Gasteiger partial charge on any atom is -0.372 e. The lowest BCUT2D eigenvalue weighted by atomic mass is 10.2. The van der Waals surface area contributed by atoms with Gasteiger partial charge in [0.05, 0.1) is 17.8 Å². The number of hydrogen-bond donors (Lipinski definition) is 1. The number of amides is 2. The van der Waals surface area contributed by atoms with Crippen molar-refractivity contribution in [2.45, 2.75) is 45.2 Å². The maximum Gasteiger partial charge on any atom is 0.252 e. The third kappa shape index (κ3) is 2.20. The Hall–Kier alpha value is -1.91. The number of pyridine rings is 1. The maximum absolute atomic E-state index is 12.2. The monoisotopic (exact) mass is 259 g/mol. The van der Waals surface area contributed by atoms with Gasteiger partial charge in [-0.25, -0.2) is 0 Å². The normalized spacial score (nSPS) is 23.1. The highest BCUT2D eigenvalue weighted by Gasteiger charge is 2.46. The lowest BCUT2D eigenvalue weighted by molar-refractivity contribution is -0.139. The predicted molar refractivity (Wildman–Crippen MR) is 70.6 cm³/mol. The second-order valence-corrected chi connectivity index (χ2v) is 5.32. The molecule has 0 bridgehead atoms. The van der Waals surface area contributed by atoms with E-state index in [1.807, 2.05) is 26.0 Å². The van der Waals surface area contributed by atoms with Gasteiger partial charge in [0.15, 0.2) is 0 Å². The summed E-state index contributed by atoms with van der Waals surface area (Å²) in [5, 5.41) is 3.15. The Kier molecular flexibility index (Phi) is 2.77. The van der Waals surface area contributed by atoms with Gasteiger partial charge in [0.1, 0.15) is 6.04 Å². The summed E-state index contributed by atoms with van der Waals surface area (Å²) in [4.78, 5) is 29.9. The molecule has 5 heteroatoms. The molecular formula is C14H17N3O2.